The molecular formula is C81H148O5. The van der Waals surface area contributed by atoms with E-state index >= 15 is 0 Å². The number of carbonyl (C=O) groups is 2. The molecule has 0 radical (unpaired) electrons. The summed E-state index contributed by atoms with van der Waals surface area (Å²) in [6, 6.07) is 0. The molecule has 0 heterocycles. The zero-order valence-corrected chi connectivity index (χ0v) is 57.8. The summed E-state index contributed by atoms with van der Waals surface area (Å²) < 4.78 is 10.8. The molecule has 0 aliphatic rings. The van der Waals surface area contributed by atoms with E-state index < -0.39 is 6.10 Å². The third kappa shape index (κ3) is 73.8. The van der Waals surface area contributed by atoms with E-state index in [4.69, 9.17) is 9.47 Å². The van der Waals surface area contributed by atoms with E-state index in [0.717, 1.165) is 64.2 Å². The van der Waals surface area contributed by atoms with Crippen molar-refractivity contribution in [2.75, 3.05) is 13.2 Å². The van der Waals surface area contributed by atoms with Crippen molar-refractivity contribution in [1.82, 2.24) is 0 Å². The van der Waals surface area contributed by atoms with Gasteiger partial charge in [-0.1, -0.05) is 389 Å². The number of unbranched alkanes of at least 4 members (excludes halogenated alkanes) is 52. The third-order valence-electron chi connectivity index (χ3n) is 17.5. The standard InChI is InChI=1S/C81H148O5/c1-3-5-7-9-11-13-15-17-19-21-23-25-27-29-31-33-35-37-38-39-40-41-42-44-46-48-50-52-54-56-58-60-62-64-66-68-70-72-74-76-81(84)86-79(77-82)78-85-80(83)75-73-71-69-67-65-63-61-59-57-55-53-51-49-47-45-43-36-34-32-30-28-26-24-22-20-18-16-14-12-10-8-6-4-2/h5,7,11,13,17,19,22-25,29,31,79,82H,3-4,6,8-10,12,14-16,18,20-21,26-28,30,32-78H2,1-2H3/b7-5-,13-11-,19-17-,24-22-,25-23-,31-29-. The van der Waals surface area contributed by atoms with Crippen LogP contribution in [0.4, 0.5) is 0 Å². The number of rotatable bonds is 72. The summed E-state index contributed by atoms with van der Waals surface area (Å²) in [5, 5.41) is 9.72. The number of hydrogen-bond acceptors (Lipinski definition) is 5. The molecule has 0 bridgehead atoms. The average Bonchev–Trinajstić information content (AvgIpc) is 3.55. The van der Waals surface area contributed by atoms with E-state index in [9.17, 15) is 14.7 Å². The monoisotopic (exact) mass is 1200 g/mol. The maximum Gasteiger partial charge on any atom is 0.306 e. The summed E-state index contributed by atoms with van der Waals surface area (Å²) in [5.74, 6) is -0.566. The Morgan fingerprint density at radius 2 is 0.500 bits per heavy atom. The lowest BCUT2D eigenvalue weighted by Gasteiger charge is -2.15. The molecule has 0 rings (SSSR count). The normalized spacial score (nSPS) is 12.5. The summed E-state index contributed by atoms with van der Waals surface area (Å²) in [5.41, 5.74) is 0. The number of allylic oxidation sites excluding steroid dienone is 12. The van der Waals surface area contributed by atoms with Gasteiger partial charge in [0.25, 0.3) is 0 Å². The number of ether oxygens (including phenoxy) is 2. The smallest absolute Gasteiger partial charge is 0.306 e. The first-order valence-electron chi connectivity index (χ1n) is 38.5. The van der Waals surface area contributed by atoms with Crippen LogP contribution in [0.1, 0.15) is 412 Å². The van der Waals surface area contributed by atoms with E-state index in [1.807, 2.05) is 0 Å². The molecule has 0 aliphatic heterocycles. The Morgan fingerprint density at radius 1 is 0.279 bits per heavy atom. The zero-order chi connectivity index (χ0) is 61.9. The van der Waals surface area contributed by atoms with E-state index in [0.29, 0.717) is 12.8 Å². The summed E-state index contributed by atoms with van der Waals surface area (Å²) in [6.45, 7) is 4.08. The van der Waals surface area contributed by atoms with Crippen LogP contribution < -0.4 is 0 Å². The van der Waals surface area contributed by atoms with Gasteiger partial charge in [0.1, 0.15) is 6.61 Å². The second-order valence-electron chi connectivity index (χ2n) is 26.1. The molecule has 502 valence electrons. The van der Waals surface area contributed by atoms with Crippen LogP contribution in [0, 0.1) is 0 Å². The van der Waals surface area contributed by atoms with Crippen molar-refractivity contribution in [3.63, 3.8) is 0 Å². The van der Waals surface area contributed by atoms with E-state index in [2.05, 4.69) is 86.8 Å². The molecule has 0 saturated carbocycles. The molecule has 0 aromatic heterocycles. The van der Waals surface area contributed by atoms with Gasteiger partial charge in [0.2, 0.25) is 0 Å². The molecule has 0 amide bonds. The maximum atomic E-state index is 12.4. The maximum absolute atomic E-state index is 12.4. The third-order valence-corrected chi connectivity index (χ3v) is 17.5. The lowest BCUT2D eigenvalue weighted by atomic mass is 10.0. The Kier molecular flexibility index (Phi) is 74.2. The van der Waals surface area contributed by atoms with Crippen LogP contribution in [-0.2, 0) is 19.1 Å². The van der Waals surface area contributed by atoms with Gasteiger partial charge in [-0.15, -0.1) is 0 Å². The quantitative estimate of drug-likeness (QED) is 0.0373. The van der Waals surface area contributed by atoms with Gasteiger partial charge in [-0.2, -0.15) is 0 Å². The minimum absolute atomic E-state index is 0.0603. The number of aliphatic hydroxyl groups excluding tert-OH is 1. The van der Waals surface area contributed by atoms with Crippen LogP contribution in [0.3, 0.4) is 0 Å². The average molecular weight is 1200 g/mol. The molecule has 0 fully saturated rings. The van der Waals surface area contributed by atoms with Crippen molar-refractivity contribution in [3.8, 4) is 0 Å². The Hall–Kier alpha value is -2.66. The van der Waals surface area contributed by atoms with Gasteiger partial charge >= 0.3 is 11.9 Å². The summed E-state index contributed by atoms with van der Waals surface area (Å²) in [4.78, 5) is 24.7. The fourth-order valence-corrected chi connectivity index (χ4v) is 11.8. The second kappa shape index (κ2) is 76.6. The number of carbonyl (C=O) groups excluding carboxylic acids is 2. The number of hydrogen-bond donors (Lipinski definition) is 1. The van der Waals surface area contributed by atoms with Crippen LogP contribution in [0.15, 0.2) is 72.9 Å². The van der Waals surface area contributed by atoms with Crippen LogP contribution in [0.5, 0.6) is 0 Å². The molecule has 5 heteroatoms. The SMILES string of the molecule is CC/C=C\C/C=C\C/C=C\C/C=C\C/C=C\CCCCCCCCCCCCCCCCCCCCCCCCCC(=O)OC(CO)COC(=O)CCCCCCCCCCCCCCCCCCCCCCC/C=C\CCCCCCCCCC. The first-order valence-corrected chi connectivity index (χ1v) is 38.5. The van der Waals surface area contributed by atoms with Gasteiger partial charge in [0.05, 0.1) is 6.61 Å². The molecule has 1 unspecified atom stereocenters. The Bertz CT molecular complexity index is 1500. The fraction of sp³-hybridized carbons (Fsp3) is 0.827. The first-order chi connectivity index (χ1) is 42.6. The van der Waals surface area contributed by atoms with Crippen molar-refractivity contribution < 1.29 is 24.2 Å². The van der Waals surface area contributed by atoms with Gasteiger partial charge in [0.15, 0.2) is 6.10 Å². The largest absolute Gasteiger partial charge is 0.462 e. The Morgan fingerprint density at radius 3 is 0.767 bits per heavy atom. The Balaban J connectivity index is 3.38. The van der Waals surface area contributed by atoms with Gasteiger partial charge in [0, 0.05) is 12.8 Å². The topological polar surface area (TPSA) is 72.8 Å². The molecule has 1 N–H and O–H groups in total. The van der Waals surface area contributed by atoms with Crippen LogP contribution in [-0.4, -0.2) is 36.4 Å². The van der Waals surface area contributed by atoms with Gasteiger partial charge in [-0.25, -0.2) is 0 Å². The molecule has 0 aliphatic carbocycles. The van der Waals surface area contributed by atoms with E-state index in [1.54, 1.807) is 0 Å². The van der Waals surface area contributed by atoms with E-state index in [-0.39, 0.29) is 25.2 Å². The molecule has 0 aromatic carbocycles. The van der Waals surface area contributed by atoms with Crippen molar-refractivity contribution in [1.29, 1.82) is 0 Å². The van der Waals surface area contributed by atoms with Gasteiger partial charge < -0.3 is 14.6 Å². The lowest BCUT2D eigenvalue weighted by molar-refractivity contribution is -0.161. The van der Waals surface area contributed by atoms with Crippen molar-refractivity contribution in [2.24, 2.45) is 0 Å². The molecule has 0 saturated heterocycles. The second-order valence-corrected chi connectivity index (χ2v) is 26.1. The highest BCUT2D eigenvalue weighted by molar-refractivity contribution is 5.70. The van der Waals surface area contributed by atoms with Gasteiger partial charge in [-0.05, 0) is 83.5 Å². The van der Waals surface area contributed by atoms with Gasteiger partial charge in [-0.3, -0.25) is 9.59 Å². The van der Waals surface area contributed by atoms with Crippen molar-refractivity contribution >= 4 is 11.9 Å². The predicted octanol–water partition coefficient (Wildman–Crippen LogP) is 27.0. The molecule has 1 atom stereocenters. The van der Waals surface area contributed by atoms with Crippen molar-refractivity contribution in [2.45, 2.75) is 418 Å². The van der Waals surface area contributed by atoms with Crippen LogP contribution >= 0.6 is 0 Å². The molecule has 0 aromatic rings. The molecule has 86 heavy (non-hydrogen) atoms. The molecule has 5 nitrogen and oxygen atoms in total. The summed E-state index contributed by atoms with van der Waals surface area (Å²) >= 11 is 0. The lowest BCUT2D eigenvalue weighted by Crippen LogP contribution is -2.28. The van der Waals surface area contributed by atoms with Crippen LogP contribution in [0.25, 0.3) is 0 Å². The highest BCUT2D eigenvalue weighted by Gasteiger charge is 2.16. The summed E-state index contributed by atoms with van der Waals surface area (Å²) in [7, 11) is 0. The fourth-order valence-electron chi connectivity index (χ4n) is 11.8. The highest BCUT2D eigenvalue weighted by Crippen LogP contribution is 2.19. The first kappa shape index (κ1) is 83.3. The number of aliphatic hydroxyl groups is 1. The molecular weight excluding hydrogens is 1050 g/mol. The van der Waals surface area contributed by atoms with Crippen LogP contribution in [0.2, 0.25) is 0 Å². The van der Waals surface area contributed by atoms with Crippen molar-refractivity contribution in [3.05, 3.63) is 72.9 Å². The predicted molar refractivity (Wildman–Crippen MR) is 380 cm³/mol. The minimum Gasteiger partial charge on any atom is -0.462 e. The summed E-state index contributed by atoms with van der Waals surface area (Å²) in [6.07, 6.45) is 107. The van der Waals surface area contributed by atoms with E-state index in [1.165, 1.54) is 321 Å². The zero-order valence-electron chi connectivity index (χ0n) is 57.8. The molecule has 0 spiro atoms. The Labute approximate surface area is 537 Å². The minimum atomic E-state index is -0.772. The highest BCUT2D eigenvalue weighted by atomic mass is 16.6. The number of esters is 2.